The number of hydrogen-bond donors (Lipinski definition) is 1. The molecule has 0 spiro atoms. The minimum absolute atomic E-state index is 0.218. The Morgan fingerprint density at radius 3 is 3.00 bits per heavy atom. The Morgan fingerprint density at radius 1 is 1.40 bits per heavy atom. The van der Waals surface area contributed by atoms with E-state index >= 15 is 0 Å². The first-order valence-electron chi connectivity index (χ1n) is 8.65. The zero-order valence-corrected chi connectivity index (χ0v) is 15.3. The highest BCUT2D eigenvalue weighted by atomic mass is 32.2. The number of tetrazole rings is 1. The van der Waals surface area contributed by atoms with E-state index < -0.39 is 0 Å². The summed E-state index contributed by atoms with van der Waals surface area (Å²) in [4.78, 5) is 14.1. The molecule has 1 N–H and O–H groups in total. The van der Waals surface area contributed by atoms with E-state index in [1.165, 1.54) is 0 Å². The van der Waals surface area contributed by atoms with E-state index in [1.54, 1.807) is 16.4 Å². The molecule has 1 aromatic carbocycles. The Labute approximate surface area is 152 Å². The summed E-state index contributed by atoms with van der Waals surface area (Å²) >= 11 is 1.58. The van der Waals surface area contributed by atoms with Crippen molar-refractivity contribution in [3.63, 3.8) is 0 Å². The minimum atomic E-state index is 0.218. The summed E-state index contributed by atoms with van der Waals surface area (Å²) in [5.41, 5.74) is 0.941. The Kier molecular flexibility index (Phi) is 6.41. The number of hydrogen-bond acceptors (Lipinski definition) is 6. The largest absolute Gasteiger partial charge is 0.345 e. The van der Waals surface area contributed by atoms with Crippen molar-refractivity contribution in [3.8, 4) is 5.69 Å². The monoisotopic (exact) mass is 360 g/mol. The average molecular weight is 360 g/mol. The molecule has 8 heteroatoms. The van der Waals surface area contributed by atoms with Crippen LogP contribution in [0.1, 0.15) is 19.3 Å². The Balaban J connectivity index is 1.41. The number of rotatable bonds is 8. The second-order valence-corrected chi connectivity index (χ2v) is 7.36. The fraction of sp³-hybridized carbons (Fsp3) is 0.529. The lowest BCUT2D eigenvalue weighted by Crippen LogP contribution is -2.32. The van der Waals surface area contributed by atoms with E-state index in [2.05, 4.69) is 20.8 Å². The van der Waals surface area contributed by atoms with E-state index in [0.717, 1.165) is 49.1 Å². The van der Waals surface area contributed by atoms with Gasteiger partial charge in [-0.3, -0.25) is 4.79 Å². The minimum Gasteiger partial charge on any atom is -0.345 e. The molecule has 1 amide bonds. The van der Waals surface area contributed by atoms with Gasteiger partial charge >= 0.3 is 0 Å². The Morgan fingerprint density at radius 2 is 2.24 bits per heavy atom. The molecule has 1 aliphatic rings. The summed E-state index contributed by atoms with van der Waals surface area (Å²) in [5, 5.41) is 16.0. The van der Waals surface area contributed by atoms with Crippen molar-refractivity contribution in [2.45, 2.75) is 24.4 Å². The summed E-state index contributed by atoms with van der Waals surface area (Å²) < 4.78 is 1.73. The highest BCUT2D eigenvalue weighted by molar-refractivity contribution is 7.99. The van der Waals surface area contributed by atoms with Gasteiger partial charge in [-0.25, -0.2) is 0 Å². The lowest BCUT2D eigenvalue weighted by atomic mass is 10.1. The zero-order chi connectivity index (χ0) is 17.5. The van der Waals surface area contributed by atoms with E-state index in [4.69, 9.17) is 0 Å². The molecule has 3 rings (SSSR count). The number of amides is 1. The van der Waals surface area contributed by atoms with Crippen LogP contribution in [0, 0.1) is 5.92 Å². The molecule has 1 fully saturated rings. The molecule has 25 heavy (non-hydrogen) atoms. The Bertz CT molecular complexity index is 671. The molecule has 0 saturated carbocycles. The molecule has 1 saturated heterocycles. The normalized spacial score (nSPS) is 16.9. The van der Waals surface area contributed by atoms with Crippen molar-refractivity contribution in [2.24, 2.45) is 5.92 Å². The van der Waals surface area contributed by atoms with Gasteiger partial charge in [0.25, 0.3) is 0 Å². The maximum absolute atomic E-state index is 12.2. The maximum atomic E-state index is 12.2. The lowest BCUT2D eigenvalue weighted by Gasteiger charge is -2.20. The Hall–Kier alpha value is -1.93. The van der Waals surface area contributed by atoms with E-state index in [1.807, 2.05) is 42.3 Å². The maximum Gasteiger partial charge on any atom is 0.222 e. The third-order valence-corrected chi connectivity index (χ3v) is 5.33. The number of benzene rings is 1. The number of nitrogens with zero attached hydrogens (tertiary/aromatic N) is 5. The van der Waals surface area contributed by atoms with E-state index in [0.29, 0.717) is 12.3 Å². The first-order valence-corrected chi connectivity index (χ1v) is 9.64. The smallest absolute Gasteiger partial charge is 0.222 e. The van der Waals surface area contributed by atoms with Crippen LogP contribution in [-0.4, -0.2) is 63.4 Å². The summed E-state index contributed by atoms with van der Waals surface area (Å²) in [5.74, 6) is 1.63. The van der Waals surface area contributed by atoms with Gasteiger partial charge in [0.1, 0.15) is 0 Å². The van der Waals surface area contributed by atoms with Crippen LogP contribution in [-0.2, 0) is 4.79 Å². The van der Waals surface area contributed by atoms with E-state index in [9.17, 15) is 4.79 Å². The molecular formula is C17H24N6OS. The van der Waals surface area contributed by atoms with Crippen LogP contribution in [0.2, 0.25) is 0 Å². The van der Waals surface area contributed by atoms with Crippen LogP contribution in [0.15, 0.2) is 35.5 Å². The van der Waals surface area contributed by atoms with E-state index in [-0.39, 0.29) is 5.91 Å². The number of carbonyl (C=O) groups is 1. The van der Waals surface area contributed by atoms with Crippen molar-refractivity contribution < 1.29 is 4.79 Å². The van der Waals surface area contributed by atoms with Gasteiger partial charge < -0.3 is 10.2 Å². The molecule has 0 aliphatic carbocycles. The molecule has 2 aromatic rings. The van der Waals surface area contributed by atoms with Gasteiger partial charge in [0.2, 0.25) is 11.1 Å². The number of aromatic nitrogens is 4. The van der Waals surface area contributed by atoms with Gasteiger partial charge in [-0.1, -0.05) is 30.0 Å². The third kappa shape index (κ3) is 5.02. The van der Waals surface area contributed by atoms with Gasteiger partial charge in [0.05, 0.1) is 5.69 Å². The van der Waals surface area contributed by atoms with Gasteiger partial charge in [0.15, 0.2) is 0 Å². The van der Waals surface area contributed by atoms with Crippen LogP contribution >= 0.6 is 11.8 Å². The van der Waals surface area contributed by atoms with Crippen LogP contribution in [0.25, 0.3) is 5.69 Å². The van der Waals surface area contributed by atoms with Crippen LogP contribution < -0.4 is 5.32 Å². The van der Waals surface area contributed by atoms with Crippen LogP contribution in [0.3, 0.4) is 0 Å². The predicted octanol–water partition coefficient (Wildman–Crippen LogP) is 1.60. The SMILES string of the molecule is CN(CC1CCNC1)C(=O)CCCSc1nnnn1-c1ccccc1. The van der Waals surface area contributed by atoms with Crippen molar-refractivity contribution in [3.05, 3.63) is 30.3 Å². The fourth-order valence-corrected chi connectivity index (χ4v) is 3.77. The predicted molar refractivity (Wildman–Crippen MR) is 97.7 cm³/mol. The standard InChI is InChI=1S/C17H24N6OS/c1-22(13-14-9-10-18-12-14)16(24)8-5-11-25-17-19-20-21-23(17)15-6-3-2-4-7-15/h2-4,6-7,14,18H,5,8-13H2,1H3. The highest BCUT2D eigenvalue weighted by Crippen LogP contribution is 2.19. The quantitative estimate of drug-likeness (QED) is 0.569. The topological polar surface area (TPSA) is 75.9 Å². The molecule has 134 valence electrons. The molecule has 2 heterocycles. The molecule has 1 aromatic heterocycles. The number of para-hydroxylation sites is 1. The molecule has 7 nitrogen and oxygen atoms in total. The number of thioether (sulfide) groups is 1. The van der Waals surface area contributed by atoms with Crippen molar-refractivity contribution in [2.75, 3.05) is 32.4 Å². The molecule has 1 atom stereocenters. The van der Waals surface area contributed by atoms with Gasteiger partial charge in [-0.15, -0.1) is 5.10 Å². The summed E-state index contributed by atoms with van der Waals surface area (Å²) in [6.07, 6.45) is 2.55. The van der Waals surface area contributed by atoms with Crippen LogP contribution in [0.4, 0.5) is 0 Å². The lowest BCUT2D eigenvalue weighted by molar-refractivity contribution is -0.130. The molecule has 0 bridgehead atoms. The van der Waals surface area contributed by atoms with Gasteiger partial charge in [0, 0.05) is 25.8 Å². The first-order chi connectivity index (χ1) is 12.2. The van der Waals surface area contributed by atoms with Crippen molar-refractivity contribution >= 4 is 17.7 Å². The second kappa shape index (κ2) is 8.96. The average Bonchev–Trinajstić information content (AvgIpc) is 3.31. The fourth-order valence-electron chi connectivity index (χ4n) is 2.94. The highest BCUT2D eigenvalue weighted by Gasteiger charge is 2.19. The molecule has 1 aliphatic heterocycles. The molecular weight excluding hydrogens is 336 g/mol. The summed E-state index contributed by atoms with van der Waals surface area (Å²) in [6.45, 7) is 2.94. The number of carbonyl (C=O) groups excluding carboxylic acids is 1. The molecule has 0 radical (unpaired) electrons. The number of nitrogens with one attached hydrogen (secondary N) is 1. The van der Waals surface area contributed by atoms with Gasteiger partial charge in [-0.2, -0.15) is 4.68 Å². The molecule has 1 unspecified atom stereocenters. The third-order valence-electron chi connectivity index (χ3n) is 4.33. The second-order valence-electron chi connectivity index (χ2n) is 6.29. The summed E-state index contributed by atoms with van der Waals surface area (Å²) in [7, 11) is 1.91. The summed E-state index contributed by atoms with van der Waals surface area (Å²) in [6, 6.07) is 9.82. The van der Waals surface area contributed by atoms with Crippen molar-refractivity contribution in [1.82, 2.24) is 30.4 Å². The van der Waals surface area contributed by atoms with Gasteiger partial charge in [-0.05, 0) is 54.4 Å². The zero-order valence-electron chi connectivity index (χ0n) is 14.5. The first kappa shape index (κ1) is 17.9. The van der Waals surface area contributed by atoms with Crippen LogP contribution in [0.5, 0.6) is 0 Å². The van der Waals surface area contributed by atoms with Crippen molar-refractivity contribution in [1.29, 1.82) is 0 Å².